The smallest absolute Gasteiger partial charge is 0.0877 e. The monoisotopic (exact) mass is 657 g/mol. The number of rotatable bonds is 2. The summed E-state index contributed by atoms with van der Waals surface area (Å²) in [4.78, 5) is 5.15. The molecule has 1 heterocycles. The van der Waals surface area contributed by atoms with E-state index >= 15 is 0 Å². The standard InChI is InChI=1S/C27H24N.C5H10O2.Ir/c1-16-13-19(4)21-12-11-20-15-23-22(26-17(2)7-5-8-18(26)3)9-6-10-25(23)28-27(20)24(21)14-16;1-4(6)3-5(2)7;/h5-10,13,15H,11-12H2,1-4H3;3-4,6-7H,1-2H3;/q-1;;. The van der Waals surface area contributed by atoms with E-state index in [-0.39, 0.29) is 25.9 Å². The minimum Gasteiger partial charge on any atom is -0.513 e. The molecule has 0 fully saturated rings. The Hall–Kier alpha value is -2.78. The quantitative estimate of drug-likeness (QED) is 0.173. The number of aliphatic hydroxyl groups is 2. The molecule has 4 aromatic rings. The number of nitrogens with zero attached hydrogens (tertiary/aromatic N) is 1. The average molecular weight is 657 g/mol. The number of aliphatic hydroxyl groups excluding tert-OH is 2. The van der Waals surface area contributed by atoms with E-state index in [0.717, 1.165) is 24.1 Å². The molecule has 1 radical (unpaired) electrons. The van der Waals surface area contributed by atoms with Gasteiger partial charge in [-0.3, -0.25) is 4.98 Å². The van der Waals surface area contributed by atoms with Crippen molar-refractivity contribution < 1.29 is 30.3 Å². The van der Waals surface area contributed by atoms with E-state index < -0.39 is 6.10 Å². The van der Waals surface area contributed by atoms with Crippen molar-refractivity contribution in [2.45, 2.75) is 60.5 Å². The van der Waals surface area contributed by atoms with Gasteiger partial charge in [-0.15, -0.1) is 34.4 Å². The molecular formula is C32H34IrNO2-. The third-order valence-corrected chi connectivity index (χ3v) is 6.59. The van der Waals surface area contributed by atoms with Crippen LogP contribution in [0.1, 0.15) is 47.2 Å². The van der Waals surface area contributed by atoms with Crippen molar-refractivity contribution in [2.75, 3.05) is 0 Å². The topological polar surface area (TPSA) is 53.4 Å². The van der Waals surface area contributed by atoms with Crippen LogP contribution >= 0.6 is 0 Å². The van der Waals surface area contributed by atoms with Crippen molar-refractivity contribution in [3.8, 4) is 22.4 Å². The molecule has 1 aromatic heterocycles. The second-order valence-electron chi connectivity index (χ2n) is 9.67. The van der Waals surface area contributed by atoms with Crippen LogP contribution in [0.4, 0.5) is 0 Å². The third kappa shape index (κ3) is 5.78. The molecule has 3 aromatic carbocycles. The maximum absolute atomic E-state index is 8.49. The van der Waals surface area contributed by atoms with Crippen molar-refractivity contribution in [2.24, 2.45) is 0 Å². The van der Waals surface area contributed by atoms with Gasteiger partial charge in [0.15, 0.2) is 0 Å². The van der Waals surface area contributed by atoms with Crippen LogP contribution in [0.3, 0.4) is 0 Å². The van der Waals surface area contributed by atoms with Crippen molar-refractivity contribution in [3.63, 3.8) is 0 Å². The van der Waals surface area contributed by atoms with Gasteiger partial charge in [0.2, 0.25) is 0 Å². The number of hydrogen-bond acceptors (Lipinski definition) is 3. The van der Waals surface area contributed by atoms with Crippen molar-refractivity contribution in [1.82, 2.24) is 4.98 Å². The van der Waals surface area contributed by atoms with Crippen molar-refractivity contribution in [3.05, 3.63) is 99.8 Å². The third-order valence-electron chi connectivity index (χ3n) is 6.59. The van der Waals surface area contributed by atoms with E-state index in [0.29, 0.717) is 0 Å². The summed E-state index contributed by atoms with van der Waals surface area (Å²) >= 11 is 0. The van der Waals surface area contributed by atoms with Crippen LogP contribution in [-0.4, -0.2) is 21.3 Å². The van der Waals surface area contributed by atoms with Crippen LogP contribution in [0.25, 0.3) is 33.3 Å². The Labute approximate surface area is 228 Å². The fourth-order valence-corrected chi connectivity index (χ4v) is 5.15. The van der Waals surface area contributed by atoms with E-state index in [1.165, 1.54) is 68.5 Å². The first-order valence-electron chi connectivity index (χ1n) is 12.2. The fraction of sp³-hybridized carbons (Fsp3) is 0.281. The molecule has 0 bridgehead atoms. The Balaban J connectivity index is 0.000000400. The summed E-state index contributed by atoms with van der Waals surface area (Å²) in [6.07, 6.45) is 2.94. The molecular weight excluding hydrogens is 623 g/mol. The zero-order valence-corrected chi connectivity index (χ0v) is 24.3. The Morgan fingerprint density at radius 3 is 2.25 bits per heavy atom. The molecule has 2 N–H and O–H groups in total. The summed E-state index contributed by atoms with van der Waals surface area (Å²) in [6.45, 7) is 11.8. The summed E-state index contributed by atoms with van der Waals surface area (Å²) in [6, 6.07) is 21.3. The maximum Gasteiger partial charge on any atom is 0.0877 e. The average Bonchev–Trinajstić information content (AvgIpc) is 2.77. The number of aryl methyl sites for hydroxylation is 5. The molecule has 1 atom stereocenters. The second-order valence-corrected chi connectivity index (χ2v) is 9.67. The number of pyridine rings is 1. The van der Waals surface area contributed by atoms with E-state index in [2.05, 4.69) is 82.3 Å². The molecule has 5 rings (SSSR count). The number of aromatic nitrogens is 1. The summed E-state index contributed by atoms with van der Waals surface area (Å²) in [5, 5.41) is 18.2. The van der Waals surface area contributed by atoms with Gasteiger partial charge < -0.3 is 10.2 Å². The van der Waals surface area contributed by atoms with Gasteiger partial charge in [-0.2, -0.15) is 0 Å². The van der Waals surface area contributed by atoms with Gasteiger partial charge in [-0.25, -0.2) is 0 Å². The van der Waals surface area contributed by atoms with Gasteiger partial charge in [0.1, 0.15) is 0 Å². The molecule has 189 valence electrons. The first-order valence-corrected chi connectivity index (χ1v) is 12.2. The maximum atomic E-state index is 8.49. The zero-order chi connectivity index (χ0) is 25.3. The van der Waals surface area contributed by atoms with E-state index in [1.54, 1.807) is 6.92 Å². The van der Waals surface area contributed by atoms with Gasteiger partial charge in [0.05, 0.1) is 17.4 Å². The van der Waals surface area contributed by atoms with E-state index in [1.807, 2.05) is 0 Å². The van der Waals surface area contributed by atoms with Gasteiger partial charge in [-0.05, 0) is 74.2 Å². The first-order chi connectivity index (χ1) is 16.7. The number of fused-ring (bicyclic) bond motifs is 4. The molecule has 0 amide bonds. The Bertz CT molecular complexity index is 1410. The molecule has 0 aliphatic heterocycles. The first kappa shape index (κ1) is 27.8. The van der Waals surface area contributed by atoms with Crippen LogP contribution in [0.5, 0.6) is 0 Å². The second kappa shape index (κ2) is 11.5. The number of hydrogen-bond donors (Lipinski definition) is 2. The Morgan fingerprint density at radius 2 is 1.64 bits per heavy atom. The summed E-state index contributed by atoms with van der Waals surface area (Å²) in [5.41, 5.74) is 14.0. The minimum absolute atomic E-state index is 0. The Kier molecular flexibility index (Phi) is 8.89. The summed E-state index contributed by atoms with van der Waals surface area (Å²) in [7, 11) is 0. The van der Waals surface area contributed by atoms with Gasteiger partial charge in [-0.1, -0.05) is 62.2 Å². The molecule has 1 aliphatic rings. The van der Waals surface area contributed by atoms with Crippen LogP contribution in [0.2, 0.25) is 0 Å². The van der Waals surface area contributed by atoms with Crippen molar-refractivity contribution in [1.29, 1.82) is 0 Å². The number of allylic oxidation sites excluding steroid dienone is 1. The van der Waals surface area contributed by atoms with Gasteiger partial charge in [0, 0.05) is 25.5 Å². The molecule has 1 unspecified atom stereocenters. The summed E-state index contributed by atoms with van der Waals surface area (Å²) < 4.78 is 0. The predicted octanol–water partition coefficient (Wildman–Crippen LogP) is 7.53. The van der Waals surface area contributed by atoms with Crippen LogP contribution < -0.4 is 0 Å². The zero-order valence-electron chi connectivity index (χ0n) is 21.9. The van der Waals surface area contributed by atoms with Gasteiger partial charge >= 0.3 is 0 Å². The fourth-order valence-electron chi connectivity index (χ4n) is 5.15. The number of benzene rings is 3. The molecule has 36 heavy (non-hydrogen) atoms. The van der Waals surface area contributed by atoms with Crippen LogP contribution in [-0.2, 0) is 32.9 Å². The molecule has 0 saturated carbocycles. The van der Waals surface area contributed by atoms with Gasteiger partial charge in [0.25, 0.3) is 0 Å². The largest absolute Gasteiger partial charge is 0.513 e. The molecule has 3 nitrogen and oxygen atoms in total. The molecule has 0 spiro atoms. The van der Waals surface area contributed by atoms with Crippen LogP contribution in [0, 0.1) is 33.8 Å². The van der Waals surface area contributed by atoms with Crippen LogP contribution in [0.15, 0.2) is 60.4 Å². The van der Waals surface area contributed by atoms with E-state index in [4.69, 9.17) is 15.2 Å². The summed E-state index contributed by atoms with van der Waals surface area (Å²) in [5.74, 6) is 0.162. The van der Waals surface area contributed by atoms with E-state index in [9.17, 15) is 0 Å². The Morgan fingerprint density at radius 1 is 0.972 bits per heavy atom. The molecule has 1 aliphatic carbocycles. The molecule has 0 saturated heterocycles. The molecule has 4 heteroatoms. The predicted molar refractivity (Wildman–Crippen MR) is 146 cm³/mol. The SMILES string of the molecule is CC(O)=CC(C)O.Cc1[c-]c2c(c(C)c1)CCc1cc3c(-c4c(C)cccc4C)cccc3nc1-2.[Ir]. The minimum atomic E-state index is -0.537. The van der Waals surface area contributed by atoms with Crippen molar-refractivity contribution >= 4 is 10.9 Å². The normalized spacial score (nSPS) is 13.1.